The third-order valence-corrected chi connectivity index (χ3v) is 3.58. The van der Waals surface area contributed by atoms with Gasteiger partial charge in [-0.2, -0.15) is 5.10 Å². The number of pyridine rings is 1. The number of para-hydroxylation sites is 1. The Hall–Kier alpha value is -1.88. The number of benzene rings is 1. The van der Waals surface area contributed by atoms with Crippen LogP contribution in [-0.2, 0) is 13.2 Å². The van der Waals surface area contributed by atoms with Gasteiger partial charge in [0, 0.05) is 11.9 Å². The van der Waals surface area contributed by atoms with E-state index in [0.29, 0.717) is 6.61 Å². The van der Waals surface area contributed by atoms with Crippen molar-refractivity contribution in [3.05, 3.63) is 52.9 Å². The molecule has 0 saturated carbocycles. The first-order valence-corrected chi connectivity index (χ1v) is 7.26. The average molecular weight is 332 g/mol. The molecule has 0 radical (unpaired) electrons. The molecule has 0 aliphatic carbocycles. The van der Waals surface area contributed by atoms with Crippen molar-refractivity contribution in [3.63, 3.8) is 0 Å². The van der Waals surface area contributed by atoms with Crippen LogP contribution in [0.2, 0.25) is 0 Å². The van der Waals surface area contributed by atoms with Crippen molar-refractivity contribution in [2.24, 2.45) is 0 Å². The quantitative estimate of drug-likeness (QED) is 0.683. The Bertz CT molecular complexity index is 722. The highest BCUT2D eigenvalue weighted by Crippen LogP contribution is 2.20. The summed E-state index contributed by atoms with van der Waals surface area (Å²) >= 11 is 3.30. The largest absolute Gasteiger partial charge is 0.486 e. The topological polar surface area (TPSA) is 39.9 Å². The first-order valence-electron chi connectivity index (χ1n) is 6.46. The SMILES string of the molecule is CCn1nc(COc2ccc(Br)nc2)c2ccccc21. The molecule has 0 aliphatic heterocycles. The molecule has 4 nitrogen and oxygen atoms in total. The van der Waals surface area contributed by atoms with E-state index in [-0.39, 0.29) is 0 Å². The third-order valence-electron chi connectivity index (χ3n) is 3.11. The molecule has 0 unspecified atom stereocenters. The normalized spacial score (nSPS) is 10.9. The van der Waals surface area contributed by atoms with Crippen LogP contribution < -0.4 is 4.74 Å². The summed E-state index contributed by atoms with van der Waals surface area (Å²) in [5.74, 6) is 0.739. The summed E-state index contributed by atoms with van der Waals surface area (Å²) in [6.45, 7) is 3.37. The number of halogens is 1. The Morgan fingerprint density at radius 3 is 2.80 bits per heavy atom. The van der Waals surface area contributed by atoms with Gasteiger partial charge in [0.15, 0.2) is 0 Å². The van der Waals surface area contributed by atoms with Gasteiger partial charge in [-0.25, -0.2) is 4.98 Å². The van der Waals surface area contributed by atoms with Crippen molar-refractivity contribution in [2.45, 2.75) is 20.1 Å². The Labute approximate surface area is 125 Å². The maximum Gasteiger partial charge on any atom is 0.138 e. The van der Waals surface area contributed by atoms with Crippen LogP contribution in [0.4, 0.5) is 0 Å². The van der Waals surface area contributed by atoms with Gasteiger partial charge in [0.1, 0.15) is 22.7 Å². The second-order valence-electron chi connectivity index (χ2n) is 4.38. The van der Waals surface area contributed by atoms with E-state index in [4.69, 9.17) is 4.74 Å². The molecule has 2 heterocycles. The van der Waals surface area contributed by atoms with Gasteiger partial charge in [-0.3, -0.25) is 4.68 Å². The van der Waals surface area contributed by atoms with Gasteiger partial charge in [0.05, 0.1) is 11.7 Å². The Balaban J connectivity index is 1.85. The second-order valence-corrected chi connectivity index (χ2v) is 5.20. The fourth-order valence-corrected chi connectivity index (χ4v) is 2.38. The van der Waals surface area contributed by atoms with Crippen molar-refractivity contribution < 1.29 is 4.74 Å². The van der Waals surface area contributed by atoms with Crippen LogP contribution in [0.1, 0.15) is 12.6 Å². The molecule has 0 amide bonds. The number of rotatable bonds is 4. The van der Waals surface area contributed by atoms with Crippen LogP contribution >= 0.6 is 15.9 Å². The van der Waals surface area contributed by atoms with Crippen LogP contribution in [0.3, 0.4) is 0 Å². The number of hydrogen-bond acceptors (Lipinski definition) is 3. The smallest absolute Gasteiger partial charge is 0.138 e. The molecule has 0 bridgehead atoms. The van der Waals surface area contributed by atoms with E-state index in [1.807, 2.05) is 28.9 Å². The minimum Gasteiger partial charge on any atom is -0.486 e. The lowest BCUT2D eigenvalue weighted by Crippen LogP contribution is -2.00. The molecule has 0 spiro atoms. The van der Waals surface area contributed by atoms with Crippen LogP contribution in [0.25, 0.3) is 10.9 Å². The van der Waals surface area contributed by atoms with Crippen molar-refractivity contribution >= 4 is 26.8 Å². The summed E-state index contributed by atoms with van der Waals surface area (Å²) < 4.78 is 8.54. The molecule has 0 atom stereocenters. The Morgan fingerprint density at radius 1 is 1.20 bits per heavy atom. The molecular weight excluding hydrogens is 318 g/mol. The van der Waals surface area contributed by atoms with E-state index in [1.165, 1.54) is 0 Å². The van der Waals surface area contributed by atoms with E-state index >= 15 is 0 Å². The fraction of sp³-hybridized carbons (Fsp3) is 0.200. The predicted octanol–water partition coefficient (Wildman–Crippen LogP) is 3.79. The summed E-state index contributed by atoms with van der Waals surface area (Å²) in [5.41, 5.74) is 2.09. The van der Waals surface area contributed by atoms with E-state index in [2.05, 4.69) is 45.1 Å². The second kappa shape index (κ2) is 5.63. The van der Waals surface area contributed by atoms with Crippen LogP contribution in [-0.4, -0.2) is 14.8 Å². The summed E-state index contributed by atoms with van der Waals surface area (Å²) in [6, 6.07) is 12.0. The zero-order valence-corrected chi connectivity index (χ0v) is 12.7. The van der Waals surface area contributed by atoms with Crippen molar-refractivity contribution in [1.29, 1.82) is 0 Å². The van der Waals surface area contributed by atoms with E-state index in [1.54, 1.807) is 6.20 Å². The number of nitrogens with zero attached hydrogens (tertiary/aromatic N) is 3. The molecule has 0 aliphatic rings. The highest BCUT2D eigenvalue weighted by Gasteiger charge is 2.09. The Morgan fingerprint density at radius 2 is 2.05 bits per heavy atom. The predicted molar refractivity (Wildman–Crippen MR) is 81.7 cm³/mol. The third kappa shape index (κ3) is 2.54. The highest BCUT2D eigenvalue weighted by molar-refractivity contribution is 9.10. The van der Waals surface area contributed by atoms with Gasteiger partial charge in [0.25, 0.3) is 0 Å². The molecule has 0 N–H and O–H groups in total. The van der Waals surface area contributed by atoms with Gasteiger partial charge in [-0.1, -0.05) is 18.2 Å². The summed E-state index contributed by atoms with van der Waals surface area (Å²) in [5, 5.41) is 5.74. The lowest BCUT2D eigenvalue weighted by molar-refractivity contribution is 0.299. The standard InChI is InChI=1S/C15H14BrN3O/c1-2-19-14-6-4-3-5-12(14)13(18-19)10-20-11-7-8-15(16)17-9-11/h3-9H,2,10H2,1H3. The molecule has 0 fully saturated rings. The van der Waals surface area contributed by atoms with Crippen LogP contribution in [0.5, 0.6) is 5.75 Å². The summed E-state index contributed by atoms with van der Waals surface area (Å²) in [6.07, 6.45) is 1.70. The maximum atomic E-state index is 5.75. The van der Waals surface area contributed by atoms with E-state index in [0.717, 1.165) is 33.5 Å². The highest BCUT2D eigenvalue weighted by atomic mass is 79.9. The maximum absolute atomic E-state index is 5.75. The first kappa shape index (κ1) is 13.1. The lowest BCUT2D eigenvalue weighted by atomic mass is 10.2. The number of aryl methyl sites for hydroxylation is 1. The molecule has 20 heavy (non-hydrogen) atoms. The molecule has 102 valence electrons. The number of ether oxygens (including phenoxy) is 1. The Kier molecular flexibility index (Phi) is 3.69. The van der Waals surface area contributed by atoms with Gasteiger partial charge >= 0.3 is 0 Å². The minimum atomic E-state index is 0.441. The van der Waals surface area contributed by atoms with Crippen molar-refractivity contribution in [2.75, 3.05) is 0 Å². The van der Waals surface area contributed by atoms with Crippen molar-refractivity contribution in [1.82, 2.24) is 14.8 Å². The number of hydrogen-bond donors (Lipinski definition) is 0. The van der Waals surface area contributed by atoms with Crippen molar-refractivity contribution in [3.8, 4) is 5.75 Å². The zero-order chi connectivity index (χ0) is 13.9. The molecule has 1 aromatic carbocycles. The van der Waals surface area contributed by atoms with Crippen LogP contribution in [0.15, 0.2) is 47.2 Å². The first-order chi connectivity index (χ1) is 9.78. The molecule has 3 aromatic rings. The van der Waals surface area contributed by atoms with E-state index in [9.17, 15) is 0 Å². The lowest BCUT2D eigenvalue weighted by Gasteiger charge is -2.03. The summed E-state index contributed by atoms with van der Waals surface area (Å²) in [4.78, 5) is 4.14. The molecule has 0 saturated heterocycles. The molecular formula is C15H14BrN3O. The monoisotopic (exact) mass is 331 g/mol. The van der Waals surface area contributed by atoms with E-state index < -0.39 is 0 Å². The van der Waals surface area contributed by atoms with Gasteiger partial charge in [-0.05, 0) is 41.1 Å². The van der Waals surface area contributed by atoms with Gasteiger partial charge < -0.3 is 4.74 Å². The minimum absolute atomic E-state index is 0.441. The number of aromatic nitrogens is 3. The summed E-state index contributed by atoms with van der Waals surface area (Å²) in [7, 11) is 0. The molecule has 3 rings (SSSR count). The van der Waals surface area contributed by atoms with Gasteiger partial charge in [0.2, 0.25) is 0 Å². The number of fused-ring (bicyclic) bond motifs is 1. The fourth-order valence-electron chi connectivity index (χ4n) is 2.14. The zero-order valence-electron chi connectivity index (χ0n) is 11.1. The van der Waals surface area contributed by atoms with Crippen LogP contribution in [0, 0.1) is 0 Å². The average Bonchev–Trinajstić information content (AvgIpc) is 2.85. The molecule has 5 heteroatoms. The van der Waals surface area contributed by atoms with Gasteiger partial charge in [-0.15, -0.1) is 0 Å². The molecule has 2 aromatic heterocycles.